The fraction of sp³-hybridized carbons (Fsp3) is 0.462. The molecule has 0 radical (unpaired) electrons. The number of benzene rings is 1. The van der Waals surface area contributed by atoms with Crippen molar-refractivity contribution in [3.8, 4) is 0 Å². The second-order valence-corrected chi connectivity index (χ2v) is 4.97. The molecule has 0 saturated heterocycles. The molecule has 1 amide bonds. The Kier molecular flexibility index (Phi) is 3.86. The number of hydrogen-bond donors (Lipinski definition) is 1. The smallest absolute Gasteiger partial charge is 0.224 e. The second kappa shape index (κ2) is 4.82. The third-order valence-electron chi connectivity index (χ3n) is 2.40. The second-order valence-electron chi connectivity index (χ2n) is 4.97. The van der Waals surface area contributed by atoms with Gasteiger partial charge in [-0.15, -0.1) is 0 Å². The van der Waals surface area contributed by atoms with Crippen molar-refractivity contribution < 1.29 is 13.6 Å². The van der Waals surface area contributed by atoms with Crippen LogP contribution in [0, 0.1) is 11.6 Å². The molecule has 17 heavy (non-hydrogen) atoms. The van der Waals surface area contributed by atoms with Gasteiger partial charge in [-0.25, -0.2) is 8.78 Å². The number of carbonyl (C=O) groups is 1. The molecule has 4 heteroatoms. The molecule has 0 heterocycles. The Hall–Kier alpha value is -1.45. The van der Waals surface area contributed by atoms with Crippen molar-refractivity contribution in [2.75, 3.05) is 5.32 Å². The fourth-order valence-corrected chi connectivity index (χ4v) is 1.61. The lowest BCUT2D eigenvalue weighted by atomic mass is 9.86. The molecule has 1 aromatic rings. The van der Waals surface area contributed by atoms with Gasteiger partial charge in [-0.1, -0.05) is 27.7 Å². The summed E-state index contributed by atoms with van der Waals surface area (Å²) in [7, 11) is 0. The minimum Gasteiger partial charge on any atom is -0.326 e. The maximum absolute atomic E-state index is 13.8. The lowest BCUT2D eigenvalue weighted by Gasteiger charge is -2.21. The first-order chi connectivity index (χ1) is 7.75. The third-order valence-corrected chi connectivity index (χ3v) is 2.40. The van der Waals surface area contributed by atoms with Crippen LogP contribution in [0.15, 0.2) is 12.1 Å². The normalized spacial score (nSPS) is 11.4. The van der Waals surface area contributed by atoms with Crippen LogP contribution in [0.4, 0.5) is 14.5 Å². The summed E-state index contributed by atoms with van der Waals surface area (Å²) in [4.78, 5) is 11.1. The predicted molar refractivity (Wildman–Crippen MR) is 64.0 cm³/mol. The van der Waals surface area contributed by atoms with Gasteiger partial charge in [0.1, 0.15) is 11.6 Å². The van der Waals surface area contributed by atoms with Gasteiger partial charge in [-0.05, 0) is 17.5 Å². The Balaban J connectivity index is 3.14. The summed E-state index contributed by atoms with van der Waals surface area (Å²) in [6.07, 6.45) is 0.268. The van der Waals surface area contributed by atoms with Gasteiger partial charge in [0, 0.05) is 17.7 Å². The van der Waals surface area contributed by atoms with Gasteiger partial charge in [0.25, 0.3) is 0 Å². The maximum Gasteiger partial charge on any atom is 0.224 e. The molecule has 94 valence electrons. The number of amides is 1. The molecule has 1 N–H and O–H groups in total. The van der Waals surface area contributed by atoms with Crippen LogP contribution in [-0.4, -0.2) is 5.91 Å². The zero-order chi connectivity index (χ0) is 13.2. The van der Waals surface area contributed by atoms with Crippen LogP contribution in [0.1, 0.15) is 39.7 Å². The molecular weight excluding hydrogens is 224 g/mol. The zero-order valence-corrected chi connectivity index (χ0v) is 10.5. The van der Waals surface area contributed by atoms with Gasteiger partial charge >= 0.3 is 0 Å². The summed E-state index contributed by atoms with van der Waals surface area (Å²) >= 11 is 0. The lowest BCUT2D eigenvalue weighted by Crippen LogP contribution is -2.17. The van der Waals surface area contributed by atoms with E-state index in [0.717, 1.165) is 12.1 Å². The first kappa shape index (κ1) is 13.6. The minimum absolute atomic E-state index is 0.0343. The van der Waals surface area contributed by atoms with E-state index in [0.29, 0.717) is 0 Å². The van der Waals surface area contributed by atoms with Gasteiger partial charge in [0.2, 0.25) is 5.91 Å². The number of halogens is 2. The highest BCUT2D eigenvalue weighted by molar-refractivity contribution is 5.90. The average Bonchev–Trinajstić information content (AvgIpc) is 2.13. The summed E-state index contributed by atoms with van der Waals surface area (Å²) < 4.78 is 27.5. The highest BCUT2D eigenvalue weighted by atomic mass is 19.1. The van der Waals surface area contributed by atoms with Crippen molar-refractivity contribution in [1.29, 1.82) is 0 Å². The van der Waals surface area contributed by atoms with E-state index in [4.69, 9.17) is 0 Å². The molecule has 0 aliphatic rings. The molecule has 0 unspecified atom stereocenters. The van der Waals surface area contributed by atoms with Crippen molar-refractivity contribution in [2.24, 2.45) is 0 Å². The molecule has 1 aromatic carbocycles. The zero-order valence-electron chi connectivity index (χ0n) is 10.5. The van der Waals surface area contributed by atoms with E-state index in [9.17, 15) is 13.6 Å². The maximum atomic E-state index is 13.8. The topological polar surface area (TPSA) is 29.1 Å². The number of carbonyl (C=O) groups excluding carboxylic acids is 1. The number of anilines is 1. The first-order valence-corrected chi connectivity index (χ1v) is 5.55. The molecule has 0 fully saturated rings. The number of rotatable bonds is 2. The molecule has 0 aliphatic carbocycles. The summed E-state index contributed by atoms with van der Waals surface area (Å²) in [6, 6.07) is 2.30. The summed E-state index contributed by atoms with van der Waals surface area (Å²) in [5.41, 5.74) is -0.423. The molecular formula is C13H17F2NO. The Morgan fingerprint density at radius 2 is 1.71 bits per heavy atom. The highest BCUT2D eigenvalue weighted by Gasteiger charge is 2.23. The Morgan fingerprint density at radius 3 is 2.06 bits per heavy atom. The van der Waals surface area contributed by atoms with Gasteiger partial charge in [0.05, 0.1) is 0 Å². The van der Waals surface area contributed by atoms with Crippen molar-refractivity contribution in [3.63, 3.8) is 0 Å². The van der Waals surface area contributed by atoms with E-state index < -0.39 is 17.0 Å². The van der Waals surface area contributed by atoms with Crippen LogP contribution in [0.5, 0.6) is 0 Å². The molecule has 0 saturated carbocycles. The van der Waals surface area contributed by atoms with Crippen LogP contribution in [0.3, 0.4) is 0 Å². The highest BCUT2D eigenvalue weighted by Crippen LogP contribution is 2.30. The molecule has 0 aromatic heterocycles. The minimum atomic E-state index is -0.635. The quantitative estimate of drug-likeness (QED) is 0.842. The van der Waals surface area contributed by atoms with Crippen LogP contribution >= 0.6 is 0 Å². The van der Waals surface area contributed by atoms with E-state index in [1.54, 1.807) is 27.7 Å². The van der Waals surface area contributed by atoms with Crippen LogP contribution in [0.25, 0.3) is 0 Å². The van der Waals surface area contributed by atoms with E-state index in [2.05, 4.69) is 5.32 Å². The Morgan fingerprint density at radius 1 is 1.24 bits per heavy atom. The van der Waals surface area contributed by atoms with Crippen molar-refractivity contribution >= 4 is 11.6 Å². The molecule has 0 bridgehead atoms. The lowest BCUT2D eigenvalue weighted by molar-refractivity contribution is -0.115. The average molecular weight is 241 g/mol. The fourth-order valence-electron chi connectivity index (χ4n) is 1.61. The largest absolute Gasteiger partial charge is 0.326 e. The first-order valence-electron chi connectivity index (χ1n) is 5.55. The molecule has 2 nitrogen and oxygen atoms in total. The van der Waals surface area contributed by atoms with E-state index in [-0.39, 0.29) is 23.6 Å². The standard InChI is InChI=1S/C13H17F2NO/c1-5-11(17)16-8-6-9(14)12(10(15)7-8)13(2,3)4/h6-7H,5H2,1-4H3,(H,16,17). The van der Waals surface area contributed by atoms with Gasteiger partial charge < -0.3 is 5.32 Å². The monoisotopic (exact) mass is 241 g/mol. The predicted octanol–water partition coefficient (Wildman–Crippen LogP) is 3.61. The molecule has 0 aliphatic heterocycles. The molecule has 0 spiro atoms. The van der Waals surface area contributed by atoms with Crippen LogP contribution in [-0.2, 0) is 10.2 Å². The third kappa shape index (κ3) is 3.25. The Bertz CT molecular complexity index is 413. The van der Waals surface area contributed by atoms with Crippen molar-refractivity contribution in [2.45, 2.75) is 39.5 Å². The van der Waals surface area contributed by atoms with Crippen LogP contribution in [0.2, 0.25) is 0 Å². The van der Waals surface area contributed by atoms with E-state index in [1.165, 1.54) is 0 Å². The van der Waals surface area contributed by atoms with Gasteiger partial charge in [-0.2, -0.15) is 0 Å². The van der Waals surface area contributed by atoms with Gasteiger partial charge in [0.15, 0.2) is 0 Å². The van der Waals surface area contributed by atoms with Gasteiger partial charge in [-0.3, -0.25) is 4.79 Å². The summed E-state index contributed by atoms with van der Waals surface area (Å²) in [6.45, 7) is 6.88. The summed E-state index contributed by atoms with van der Waals surface area (Å²) in [5, 5.41) is 2.43. The summed E-state index contributed by atoms with van der Waals surface area (Å²) in [5.74, 6) is -1.54. The van der Waals surface area contributed by atoms with E-state index in [1.807, 2.05) is 0 Å². The number of hydrogen-bond acceptors (Lipinski definition) is 1. The van der Waals surface area contributed by atoms with Crippen molar-refractivity contribution in [1.82, 2.24) is 0 Å². The number of nitrogens with one attached hydrogen (secondary N) is 1. The SMILES string of the molecule is CCC(=O)Nc1cc(F)c(C(C)(C)C)c(F)c1. The molecule has 1 rings (SSSR count). The van der Waals surface area contributed by atoms with Crippen LogP contribution < -0.4 is 5.32 Å². The van der Waals surface area contributed by atoms with E-state index >= 15 is 0 Å². The van der Waals surface area contributed by atoms with Crippen molar-refractivity contribution in [3.05, 3.63) is 29.3 Å². The Labute approximate surface area is 100 Å². The molecule has 0 atom stereocenters.